The fourth-order valence-corrected chi connectivity index (χ4v) is 11.9. The van der Waals surface area contributed by atoms with Crippen molar-refractivity contribution in [3.63, 3.8) is 0 Å². The zero-order valence-corrected chi connectivity index (χ0v) is 27.4. The van der Waals surface area contributed by atoms with Gasteiger partial charge in [-0.1, -0.05) is 57.2 Å². The van der Waals surface area contributed by atoms with Gasteiger partial charge in [-0.25, -0.2) is 4.79 Å². The maximum Gasteiger partial charge on any atom is 0.409 e. The van der Waals surface area contributed by atoms with Gasteiger partial charge in [0.05, 0.1) is 29.7 Å². The Hall–Kier alpha value is -2.48. The molecule has 2 aromatic rings. The van der Waals surface area contributed by atoms with Gasteiger partial charge < -0.3 is 19.8 Å². The molecule has 0 aliphatic heterocycles. The standard InChI is InChI=1S/C37H47NO5S/c1-5-19-38(32(41)43-6-2)23-36(42)16-13-30-34(36,4)15-12-29-33(3)14-11-25(39)21-35(33)17-18-37(29,30)26(22-35)31(40)28-20-24-9-7-8-10-27(24)44-28/h7-10,17-18,20,22,25,29-30,39,42H,5-6,11-16,19,21,23H2,1-4H3/t25?,29-,30-,33-,34+,35+,36-,37-/m1/s1. The third kappa shape index (κ3) is 3.91. The third-order valence-corrected chi connectivity index (χ3v) is 14.2. The normalized spacial score (nSPS) is 40.2. The van der Waals surface area contributed by atoms with E-state index < -0.39 is 16.4 Å². The number of allylic oxidation sites excluding steroid dienone is 4. The topological polar surface area (TPSA) is 87.1 Å². The molecule has 1 aromatic carbocycles. The number of rotatable bonds is 7. The van der Waals surface area contributed by atoms with Crippen molar-refractivity contribution in [1.29, 1.82) is 0 Å². The molecule has 236 valence electrons. The van der Waals surface area contributed by atoms with Crippen molar-refractivity contribution >= 4 is 33.3 Å². The molecule has 6 nitrogen and oxygen atoms in total. The Morgan fingerprint density at radius 2 is 1.75 bits per heavy atom. The van der Waals surface area contributed by atoms with E-state index in [0.717, 1.165) is 59.1 Å². The first-order valence-electron chi connectivity index (χ1n) is 16.8. The van der Waals surface area contributed by atoms with Gasteiger partial charge in [-0.3, -0.25) is 4.79 Å². The molecule has 6 aliphatic carbocycles. The lowest BCUT2D eigenvalue weighted by molar-refractivity contribution is -0.175. The Bertz CT molecular complexity index is 1530. The van der Waals surface area contributed by atoms with Crippen LogP contribution in [-0.2, 0) is 4.74 Å². The highest BCUT2D eigenvalue weighted by Gasteiger charge is 2.74. The smallest absolute Gasteiger partial charge is 0.409 e. The minimum absolute atomic E-state index is 0.0484. The number of hydrogen-bond acceptors (Lipinski definition) is 6. The highest BCUT2D eigenvalue weighted by molar-refractivity contribution is 7.21. The Morgan fingerprint density at radius 3 is 2.50 bits per heavy atom. The number of carbonyl (C=O) groups excluding carboxylic acids is 2. The monoisotopic (exact) mass is 617 g/mol. The first-order valence-corrected chi connectivity index (χ1v) is 17.6. The highest BCUT2D eigenvalue weighted by atomic mass is 32.1. The minimum atomic E-state index is -1.09. The van der Waals surface area contributed by atoms with Crippen molar-refractivity contribution in [1.82, 2.24) is 4.90 Å². The number of fused-ring (bicyclic) bond motifs is 2. The van der Waals surface area contributed by atoms with Gasteiger partial charge in [0, 0.05) is 33.1 Å². The summed E-state index contributed by atoms with van der Waals surface area (Å²) in [5, 5.41) is 24.7. The molecule has 1 unspecified atom stereocenters. The summed E-state index contributed by atoms with van der Waals surface area (Å²) in [6.07, 6.45) is 12.5. The van der Waals surface area contributed by atoms with Gasteiger partial charge in [-0.05, 0) is 93.1 Å². The number of hydrogen-bond donors (Lipinski definition) is 2. The molecule has 6 aliphatic rings. The fourth-order valence-electron chi connectivity index (χ4n) is 10.9. The highest BCUT2D eigenvalue weighted by Crippen LogP contribution is 2.78. The van der Waals surface area contributed by atoms with E-state index in [1.54, 1.807) is 16.2 Å². The molecule has 2 spiro atoms. The van der Waals surface area contributed by atoms with Crippen LogP contribution in [0.3, 0.4) is 0 Å². The minimum Gasteiger partial charge on any atom is -0.450 e. The Morgan fingerprint density at radius 1 is 1.02 bits per heavy atom. The molecule has 3 saturated carbocycles. The van der Waals surface area contributed by atoms with Gasteiger partial charge in [-0.2, -0.15) is 0 Å². The largest absolute Gasteiger partial charge is 0.450 e. The maximum absolute atomic E-state index is 14.9. The quantitative estimate of drug-likeness (QED) is 0.248. The number of carbonyl (C=O) groups is 2. The molecule has 0 radical (unpaired) electrons. The van der Waals surface area contributed by atoms with Crippen LogP contribution >= 0.6 is 11.3 Å². The predicted octanol–water partition coefficient (Wildman–Crippen LogP) is 7.54. The number of aliphatic hydroxyl groups excluding tert-OH is 1. The van der Waals surface area contributed by atoms with E-state index in [1.807, 2.05) is 32.0 Å². The van der Waals surface area contributed by atoms with Crippen molar-refractivity contribution in [2.24, 2.45) is 33.5 Å². The first kappa shape index (κ1) is 30.2. The van der Waals surface area contributed by atoms with Gasteiger partial charge in [0.1, 0.15) is 0 Å². The average Bonchev–Trinajstić information content (AvgIpc) is 3.55. The van der Waals surface area contributed by atoms with Crippen molar-refractivity contribution in [2.45, 2.75) is 90.8 Å². The van der Waals surface area contributed by atoms with Crippen LogP contribution < -0.4 is 0 Å². The summed E-state index contributed by atoms with van der Waals surface area (Å²) in [6.45, 7) is 9.57. The van der Waals surface area contributed by atoms with Crippen molar-refractivity contribution < 1.29 is 24.5 Å². The molecule has 2 N–H and O–H groups in total. The number of Topliss-reactive ketones (excluding diaryl/α,β-unsaturated/α-hetero) is 1. The summed E-state index contributed by atoms with van der Waals surface area (Å²) in [5.41, 5.74) is -1.65. The van der Waals surface area contributed by atoms with E-state index in [0.29, 0.717) is 26.0 Å². The van der Waals surface area contributed by atoms with Crippen LogP contribution in [0.1, 0.15) is 88.7 Å². The van der Waals surface area contributed by atoms with E-state index in [2.05, 4.69) is 44.2 Å². The van der Waals surface area contributed by atoms with Gasteiger partial charge in [-0.15, -0.1) is 11.3 Å². The summed E-state index contributed by atoms with van der Waals surface area (Å²) < 4.78 is 6.52. The molecular weight excluding hydrogens is 570 g/mol. The van der Waals surface area contributed by atoms with E-state index in [-0.39, 0.29) is 47.2 Å². The van der Waals surface area contributed by atoms with E-state index >= 15 is 0 Å². The molecule has 1 amide bonds. The molecule has 3 fully saturated rings. The number of ketones is 1. The number of nitrogens with zero attached hydrogens (tertiary/aromatic N) is 1. The summed E-state index contributed by atoms with van der Waals surface area (Å²) in [7, 11) is 0. The van der Waals surface area contributed by atoms with Crippen LogP contribution in [0.5, 0.6) is 0 Å². The number of benzene rings is 1. The van der Waals surface area contributed by atoms with Crippen LogP contribution in [0.2, 0.25) is 0 Å². The SMILES string of the molecule is CCCN(C[C@]1(O)CC[C@H]2[C@]34C=C[C@@]5(C=C3C(=O)c3cc6ccccc6s3)CC(O)CC[C@]5(C)[C@H]4CC[C@@]21C)C(=O)OCC. The van der Waals surface area contributed by atoms with Gasteiger partial charge >= 0.3 is 6.09 Å². The molecule has 8 atom stereocenters. The van der Waals surface area contributed by atoms with E-state index in [4.69, 9.17) is 4.74 Å². The summed E-state index contributed by atoms with van der Waals surface area (Å²) in [5.74, 6) is 0.385. The zero-order chi connectivity index (χ0) is 31.1. The number of ether oxygens (including phenoxy) is 1. The number of thiophene rings is 1. The molecular formula is C37H47NO5S. The lowest BCUT2D eigenvalue weighted by Crippen LogP contribution is -2.67. The van der Waals surface area contributed by atoms with Crippen molar-refractivity contribution in [3.05, 3.63) is 59.0 Å². The van der Waals surface area contributed by atoms with Crippen LogP contribution in [0, 0.1) is 33.5 Å². The van der Waals surface area contributed by atoms with Crippen LogP contribution in [0.25, 0.3) is 10.1 Å². The molecule has 8 rings (SSSR count). The number of aliphatic hydroxyl groups is 2. The third-order valence-electron chi connectivity index (χ3n) is 13.1. The molecule has 2 bridgehead atoms. The molecule has 1 heterocycles. The molecule has 44 heavy (non-hydrogen) atoms. The Kier molecular flexibility index (Phi) is 7.04. The molecule has 7 heteroatoms. The second-order valence-electron chi connectivity index (χ2n) is 14.9. The summed E-state index contributed by atoms with van der Waals surface area (Å²) in [6, 6.07) is 10.2. The van der Waals surface area contributed by atoms with Crippen LogP contribution in [0.4, 0.5) is 4.79 Å². The second-order valence-corrected chi connectivity index (χ2v) is 16.0. The van der Waals surface area contributed by atoms with E-state index in [1.165, 1.54) is 0 Å². The van der Waals surface area contributed by atoms with Crippen molar-refractivity contribution in [3.8, 4) is 0 Å². The molecule has 1 aromatic heterocycles. The lowest BCUT2D eigenvalue weighted by atomic mass is 9.32. The van der Waals surface area contributed by atoms with Gasteiger partial charge in [0.25, 0.3) is 0 Å². The van der Waals surface area contributed by atoms with Gasteiger partial charge in [0.2, 0.25) is 0 Å². The maximum atomic E-state index is 14.9. The lowest BCUT2D eigenvalue weighted by Gasteiger charge is -2.71. The fraction of sp³-hybridized carbons (Fsp3) is 0.622. The summed E-state index contributed by atoms with van der Waals surface area (Å²) >= 11 is 1.56. The van der Waals surface area contributed by atoms with E-state index in [9.17, 15) is 19.8 Å². The van der Waals surface area contributed by atoms with Gasteiger partial charge in [0.15, 0.2) is 5.78 Å². The Balaban J connectivity index is 1.35. The predicted molar refractivity (Wildman–Crippen MR) is 174 cm³/mol. The average molecular weight is 618 g/mol. The molecule has 0 saturated heterocycles. The first-order chi connectivity index (χ1) is 21.0. The summed E-state index contributed by atoms with van der Waals surface area (Å²) in [4.78, 5) is 30.3. The van der Waals surface area contributed by atoms with Crippen LogP contribution in [0.15, 0.2) is 54.1 Å². The van der Waals surface area contributed by atoms with Crippen LogP contribution in [-0.4, -0.2) is 58.4 Å². The Labute approximate surface area is 265 Å². The van der Waals surface area contributed by atoms with Crippen molar-refractivity contribution in [2.75, 3.05) is 19.7 Å². The second kappa shape index (κ2) is 10.3. The number of amides is 1. The zero-order valence-electron chi connectivity index (χ0n) is 26.6.